The van der Waals surface area contributed by atoms with E-state index in [1.54, 1.807) is 13.0 Å². The predicted octanol–water partition coefficient (Wildman–Crippen LogP) is 1.81. The summed E-state index contributed by atoms with van der Waals surface area (Å²) in [4.78, 5) is 23.7. The molecule has 1 atom stereocenters. The Hall–Kier alpha value is -1.88. The smallest absolute Gasteiger partial charge is 0.313 e. The number of rotatable bonds is 4. The molecule has 2 amide bonds. The van der Waals surface area contributed by atoms with Gasteiger partial charge in [0.1, 0.15) is 0 Å². The highest BCUT2D eigenvalue weighted by Crippen LogP contribution is 2.29. The Morgan fingerprint density at radius 2 is 1.81 bits per heavy atom. The summed E-state index contributed by atoms with van der Waals surface area (Å²) < 4.78 is 0. The molecule has 1 rings (SSSR count). The maximum absolute atomic E-state index is 11.9. The third-order valence-electron chi connectivity index (χ3n) is 3.13. The Labute approximate surface area is 125 Å². The molecule has 0 spiro atoms. The minimum absolute atomic E-state index is 0.0318. The predicted molar refractivity (Wildman–Crippen MR) is 83.1 cm³/mol. The summed E-state index contributed by atoms with van der Waals surface area (Å²) >= 11 is 0. The number of aliphatic hydroxyl groups excluding tert-OH is 1. The first-order valence-electron chi connectivity index (χ1n) is 7.08. The lowest BCUT2D eigenvalue weighted by Crippen LogP contribution is -2.41. The lowest BCUT2D eigenvalue weighted by molar-refractivity contribution is -0.136. The Balaban J connectivity index is 2.78. The van der Waals surface area contributed by atoms with Crippen molar-refractivity contribution in [3.8, 4) is 0 Å². The van der Waals surface area contributed by atoms with Crippen molar-refractivity contribution in [3.05, 3.63) is 29.8 Å². The van der Waals surface area contributed by atoms with Gasteiger partial charge in [0.2, 0.25) is 0 Å². The molecule has 0 aliphatic heterocycles. The van der Waals surface area contributed by atoms with E-state index in [0.29, 0.717) is 12.1 Å². The molecule has 5 heteroatoms. The van der Waals surface area contributed by atoms with Crippen LogP contribution < -0.4 is 10.6 Å². The van der Waals surface area contributed by atoms with E-state index < -0.39 is 11.8 Å². The van der Waals surface area contributed by atoms with Crippen LogP contribution in [-0.2, 0) is 15.0 Å². The number of anilines is 1. The first kappa shape index (κ1) is 17.2. The summed E-state index contributed by atoms with van der Waals surface area (Å²) in [6, 6.07) is 7.19. The highest BCUT2D eigenvalue weighted by Gasteiger charge is 2.21. The van der Waals surface area contributed by atoms with Crippen LogP contribution in [0, 0.1) is 0 Å². The van der Waals surface area contributed by atoms with E-state index in [0.717, 1.165) is 5.56 Å². The van der Waals surface area contributed by atoms with E-state index in [9.17, 15) is 9.59 Å². The molecule has 0 heterocycles. The Kier molecular flexibility index (Phi) is 5.90. The van der Waals surface area contributed by atoms with Crippen molar-refractivity contribution in [2.45, 2.75) is 45.6 Å². The van der Waals surface area contributed by atoms with Crippen molar-refractivity contribution in [2.75, 3.05) is 11.9 Å². The van der Waals surface area contributed by atoms with Crippen molar-refractivity contribution in [1.82, 2.24) is 5.32 Å². The van der Waals surface area contributed by atoms with E-state index >= 15 is 0 Å². The number of carbonyl (C=O) groups excluding carboxylic acids is 2. The maximum atomic E-state index is 11.9. The number of amides is 2. The molecule has 5 nitrogen and oxygen atoms in total. The maximum Gasteiger partial charge on any atom is 0.313 e. The highest BCUT2D eigenvalue weighted by molar-refractivity contribution is 6.39. The van der Waals surface area contributed by atoms with Gasteiger partial charge in [-0.1, -0.05) is 39.0 Å². The Bertz CT molecular complexity index is 506. The van der Waals surface area contributed by atoms with Crippen molar-refractivity contribution >= 4 is 17.5 Å². The molecule has 0 bridgehead atoms. The molecule has 0 aliphatic rings. The van der Waals surface area contributed by atoms with Crippen LogP contribution in [0.1, 0.15) is 39.7 Å². The summed E-state index contributed by atoms with van der Waals surface area (Å²) in [6.45, 7) is 7.84. The fraction of sp³-hybridized carbons (Fsp3) is 0.500. The van der Waals surface area contributed by atoms with E-state index in [1.807, 2.05) is 39.0 Å². The molecule has 0 unspecified atom stereocenters. The highest BCUT2D eigenvalue weighted by atomic mass is 16.3. The number of aliphatic hydroxyl groups is 1. The lowest BCUT2D eigenvalue weighted by atomic mass is 9.86. The van der Waals surface area contributed by atoms with Gasteiger partial charge in [-0.2, -0.15) is 0 Å². The van der Waals surface area contributed by atoms with Gasteiger partial charge < -0.3 is 15.7 Å². The number of hydrogen-bond acceptors (Lipinski definition) is 3. The minimum atomic E-state index is -0.698. The van der Waals surface area contributed by atoms with Gasteiger partial charge in [0.15, 0.2) is 0 Å². The van der Waals surface area contributed by atoms with Gasteiger partial charge in [-0.25, -0.2) is 0 Å². The second kappa shape index (κ2) is 7.22. The SMILES string of the molecule is C[C@H](CCO)NC(=O)C(=O)Nc1ccccc1C(C)(C)C. The molecule has 0 saturated carbocycles. The van der Waals surface area contributed by atoms with Crippen molar-refractivity contribution in [1.29, 1.82) is 0 Å². The summed E-state index contributed by atoms with van der Waals surface area (Å²) in [5, 5.41) is 14.0. The van der Waals surface area contributed by atoms with Crippen molar-refractivity contribution in [2.24, 2.45) is 0 Å². The fourth-order valence-corrected chi connectivity index (χ4v) is 1.98. The van der Waals surface area contributed by atoms with Gasteiger partial charge in [0, 0.05) is 18.3 Å². The van der Waals surface area contributed by atoms with E-state index in [2.05, 4.69) is 10.6 Å². The lowest BCUT2D eigenvalue weighted by Gasteiger charge is -2.23. The Morgan fingerprint density at radius 1 is 1.19 bits per heavy atom. The molecule has 0 aliphatic carbocycles. The normalized spacial score (nSPS) is 12.6. The van der Waals surface area contributed by atoms with Crippen LogP contribution in [0.4, 0.5) is 5.69 Å². The molecule has 0 aromatic heterocycles. The van der Waals surface area contributed by atoms with Gasteiger partial charge in [-0.05, 0) is 30.4 Å². The standard InChI is InChI=1S/C16H24N2O3/c1-11(9-10-19)17-14(20)15(21)18-13-8-6-5-7-12(13)16(2,3)4/h5-8,11,19H,9-10H2,1-4H3,(H,17,20)(H,18,21)/t11-/m1/s1. The fourth-order valence-electron chi connectivity index (χ4n) is 1.98. The van der Waals surface area contributed by atoms with Gasteiger partial charge >= 0.3 is 11.8 Å². The molecule has 1 aromatic rings. The number of hydrogen-bond donors (Lipinski definition) is 3. The quantitative estimate of drug-likeness (QED) is 0.741. The van der Waals surface area contributed by atoms with Crippen LogP contribution in [0.5, 0.6) is 0 Å². The topological polar surface area (TPSA) is 78.4 Å². The molecule has 21 heavy (non-hydrogen) atoms. The summed E-state index contributed by atoms with van der Waals surface area (Å²) in [5.74, 6) is -1.39. The van der Waals surface area contributed by atoms with Gasteiger partial charge in [-0.15, -0.1) is 0 Å². The van der Waals surface area contributed by atoms with Gasteiger partial charge in [0.05, 0.1) is 0 Å². The number of benzene rings is 1. The van der Waals surface area contributed by atoms with Crippen molar-refractivity contribution < 1.29 is 14.7 Å². The van der Waals surface area contributed by atoms with Crippen LogP contribution in [0.3, 0.4) is 0 Å². The van der Waals surface area contributed by atoms with Crippen LogP contribution in [0.2, 0.25) is 0 Å². The first-order chi connectivity index (χ1) is 9.75. The zero-order valence-electron chi connectivity index (χ0n) is 13.1. The molecule has 0 radical (unpaired) electrons. The molecule has 116 valence electrons. The average Bonchev–Trinajstić information content (AvgIpc) is 2.38. The molecular weight excluding hydrogens is 268 g/mol. The second-order valence-corrected chi connectivity index (χ2v) is 6.14. The van der Waals surface area contributed by atoms with Crippen LogP contribution >= 0.6 is 0 Å². The van der Waals surface area contributed by atoms with E-state index in [4.69, 9.17) is 5.11 Å². The first-order valence-corrected chi connectivity index (χ1v) is 7.08. The third kappa shape index (κ3) is 5.19. The molecule has 0 saturated heterocycles. The van der Waals surface area contributed by atoms with Crippen LogP contribution in [0.25, 0.3) is 0 Å². The van der Waals surface area contributed by atoms with E-state index in [-0.39, 0.29) is 18.1 Å². The molecule has 1 aromatic carbocycles. The summed E-state index contributed by atoms with van der Waals surface area (Å²) in [6.07, 6.45) is 0.414. The largest absolute Gasteiger partial charge is 0.396 e. The van der Waals surface area contributed by atoms with Gasteiger partial charge in [0.25, 0.3) is 0 Å². The van der Waals surface area contributed by atoms with Gasteiger partial charge in [-0.3, -0.25) is 9.59 Å². The van der Waals surface area contributed by atoms with Crippen LogP contribution in [0.15, 0.2) is 24.3 Å². The van der Waals surface area contributed by atoms with Crippen molar-refractivity contribution in [3.63, 3.8) is 0 Å². The second-order valence-electron chi connectivity index (χ2n) is 6.14. The summed E-state index contributed by atoms with van der Waals surface area (Å²) in [5.41, 5.74) is 1.47. The Morgan fingerprint density at radius 3 is 2.38 bits per heavy atom. The molecule has 0 fully saturated rings. The van der Waals surface area contributed by atoms with Crippen LogP contribution in [-0.4, -0.2) is 29.6 Å². The average molecular weight is 292 g/mol. The molecule has 3 N–H and O–H groups in total. The minimum Gasteiger partial charge on any atom is -0.396 e. The number of para-hydroxylation sites is 1. The number of carbonyl (C=O) groups is 2. The van der Waals surface area contributed by atoms with E-state index in [1.165, 1.54) is 0 Å². The zero-order valence-corrected chi connectivity index (χ0v) is 13.1. The monoisotopic (exact) mass is 292 g/mol. The summed E-state index contributed by atoms with van der Waals surface area (Å²) in [7, 11) is 0. The number of nitrogens with one attached hydrogen (secondary N) is 2. The third-order valence-corrected chi connectivity index (χ3v) is 3.13. The molecular formula is C16H24N2O3. The zero-order chi connectivity index (χ0) is 16.0.